The Labute approximate surface area is 205 Å². The maximum atomic E-state index is 12.5. The minimum absolute atomic E-state index is 0.0187. The second kappa shape index (κ2) is 11.4. The number of ether oxygens (including phenoxy) is 2. The van der Waals surface area contributed by atoms with Crippen LogP contribution in [0.25, 0.3) is 11.1 Å². The van der Waals surface area contributed by atoms with Gasteiger partial charge in [-0.2, -0.15) is 0 Å². The summed E-state index contributed by atoms with van der Waals surface area (Å²) in [5.74, 6) is -0.923. The summed E-state index contributed by atoms with van der Waals surface area (Å²) in [7, 11) is 1.43. The highest BCUT2D eigenvalue weighted by molar-refractivity contribution is 5.79. The number of aliphatic carboxylic acids is 1. The van der Waals surface area contributed by atoms with Crippen LogP contribution >= 0.6 is 0 Å². The van der Waals surface area contributed by atoms with Gasteiger partial charge in [-0.25, -0.2) is 4.79 Å². The van der Waals surface area contributed by atoms with E-state index in [9.17, 15) is 14.4 Å². The number of carboxylic acid groups (broad SMARTS) is 1. The van der Waals surface area contributed by atoms with Crippen LogP contribution in [0, 0.1) is 5.92 Å². The standard InChI is InChI=1S/C27H32N2O6/c1-34-19(14-26(31)32)15-28-25(30)13-17-10-11-18(12-17)29-27(33)35-16-24-22-8-4-2-6-20(22)21-7-3-5-9-23(21)24/h2-9,17-19,24H,10-16H2,1H3,(H,28,30)(H,29,33)(H,31,32)/t17-,18+,19?/m0/s1. The molecule has 8 nitrogen and oxygen atoms in total. The maximum absolute atomic E-state index is 12.5. The van der Waals surface area contributed by atoms with Crippen molar-refractivity contribution in [3.05, 3.63) is 59.7 Å². The summed E-state index contributed by atoms with van der Waals surface area (Å²) in [5, 5.41) is 14.6. The summed E-state index contributed by atoms with van der Waals surface area (Å²) in [4.78, 5) is 35.6. The third kappa shape index (κ3) is 6.19. The molecule has 1 saturated carbocycles. The molecular formula is C27H32N2O6. The molecule has 0 heterocycles. The molecule has 2 aliphatic rings. The smallest absolute Gasteiger partial charge is 0.407 e. The minimum Gasteiger partial charge on any atom is -0.481 e. The first-order valence-electron chi connectivity index (χ1n) is 12.1. The number of carboxylic acids is 1. The van der Waals surface area contributed by atoms with Crippen LogP contribution in [0.1, 0.15) is 49.1 Å². The average molecular weight is 481 g/mol. The lowest BCUT2D eigenvalue weighted by molar-refractivity contribution is -0.140. The zero-order valence-electron chi connectivity index (χ0n) is 19.9. The summed E-state index contributed by atoms with van der Waals surface area (Å²) in [5.41, 5.74) is 4.72. The number of rotatable bonds is 10. The molecule has 2 amide bonds. The quantitative estimate of drug-likeness (QED) is 0.478. The lowest BCUT2D eigenvalue weighted by atomic mass is 9.98. The Bertz CT molecular complexity index is 1030. The number of alkyl carbamates (subject to hydrolysis) is 1. The highest BCUT2D eigenvalue weighted by Gasteiger charge is 2.31. The van der Waals surface area contributed by atoms with Crippen molar-refractivity contribution in [2.24, 2.45) is 5.92 Å². The molecule has 186 valence electrons. The molecule has 1 fully saturated rings. The van der Waals surface area contributed by atoms with Crippen LogP contribution in [0.4, 0.5) is 4.79 Å². The van der Waals surface area contributed by atoms with Gasteiger partial charge in [0.15, 0.2) is 0 Å². The highest BCUT2D eigenvalue weighted by atomic mass is 16.5. The lowest BCUT2D eigenvalue weighted by Gasteiger charge is -2.17. The summed E-state index contributed by atoms with van der Waals surface area (Å²) in [6.45, 7) is 0.436. The van der Waals surface area contributed by atoms with Gasteiger partial charge in [0, 0.05) is 32.0 Å². The lowest BCUT2D eigenvalue weighted by Crippen LogP contribution is -2.36. The molecule has 2 aromatic carbocycles. The maximum Gasteiger partial charge on any atom is 0.407 e. The van der Waals surface area contributed by atoms with Crippen molar-refractivity contribution < 1.29 is 29.0 Å². The molecule has 2 aliphatic carbocycles. The van der Waals surface area contributed by atoms with Crippen molar-refractivity contribution in [1.82, 2.24) is 10.6 Å². The Morgan fingerprint density at radius 2 is 1.69 bits per heavy atom. The molecule has 0 aromatic heterocycles. The molecule has 35 heavy (non-hydrogen) atoms. The predicted octanol–water partition coefficient (Wildman–Crippen LogP) is 3.69. The Hall–Kier alpha value is -3.39. The summed E-state index contributed by atoms with van der Waals surface area (Å²) in [6.07, 6.45) is 1.53. The molecule has 4 rings (SSSR count). The van der Waals surface area contributed by atoms with Crippen molar-refractivity contribution in [1.29, 1.82) is 0 Å². The van der Waals surface area contributed by atoms with Gasteiger partial charge in [0.25, 0.3) is 0 Å². The van der Waals surface area contributed by atoms with Crippen LogP contribution in [-0.2, 0) is 19.1 Å². The summed E-state index contributed by atoms with van der Waals surface area (Å²) < 4.78 is 10.7. The predicted molar refractivity (Wildman–Crippen MR) is 130 cm³/mol. The van der Waals surface area contributed by atoms with Gasteiger partial charge in [-0.15, -0.1) is 0 Å². The number of methoxy groups -OCH3 is 1. The van der Waals surface area contributed by atoms with Gasteiger partial charge >= 0.3 is 12.1 Å². The van der Waals surface area contributed by atoms with Crippen LogP contribution in [0.15, 0.2) is 48.5 Å². The highest BCUT2D eigenvalue weighted by Crippen LogP contribution is 2.44. The van der Waals surface area contributed by atoms with Gasteiger partial charge < -0.3 is 25.2 Å². The second-order valence-electron chi connectivity index (χ2n) is 9.31. The van der Waals surface area contributed by atoms with E-state index in [1.807, 2.05) is 24.3 Å². The zero-order chi connectivity index (χ0) is 24.8. The number of fused-ring (bicyclic) bond motifs is 3. The third-order valence-electron chi connectivity index (χ3n) is 6.94. The van der Waals surface area contributed by atoms with Crippen molar-refractivity contribution >= 4 is 18.0 Å². The summed E-state index contributed by atoms with van der Waals surface area (Å²) in [6, 6.07) is 16.4. The van der Waals surface area contributed by atoms with Crippen molar-refractivity contribution in [3.63, 3.8) is 0 Å². The fourth-order valence-corrected chi connectivity index (χ4v) is 5.19. The van der Waals surface area contributed by atoms with Crippen LogP contribution in [0.3, 0.4) is 0 Å². The topological polar surface area (TPSA) is 114 Å². The Morgan fingerprint density at radius 3 is 2.31 bits per heavy atom. The van der Waals surface area contributed by atoms with Gasteiger partial charge in [0.2, 0.25) is 5.91 Å². The molecule has 0 saturated heterocycles. The Kier molecular flexibility index (Phi) is 8.02. The van der Waals surface area contributed by atoms with Crippen molar-refractivity contribution in [2.45, 2.75) is 50.2 Å². The molecule has 0 spiro atoms. The van der Waals surface area contributed by atoms with Gasteiger partial charge in [-0.3, -0.25) is 9.59 Å². The SMILES string of the molecule is COC(CNC(=O)C[C@H]1CC[C@@H](NC(=O)OCC2c3ccccc3-c3ccccc32)C1)CC(=O)O. The van der Waals surface area contributed by atoms with Gasteiger partial charge in [-0.05, 0) is 47.4 Å². The summed E-state index contributed by atoms with van der Waals surface area (Å²) >= 11 is 0. The average Bonchev–Trinajstić information content (AvgIpc) is 3.41. The minimum atomic E-state index is -0.968. The Morgan fingerprint density at radius 1 is 1.03 bits per heavy atom. The fraction of sp³-hybridized carbons (Fsp3) is 0.444. The van der Waals surface area contributed by atoms with Gasteiger partial charge in [0.1, 0.15) is 6.61 Å². The van der Waals surface area contributed by atoms with E-state index in [-0.39, 0.29) is 43.4 Å². The third-order valence-corrected chi connectivity index (χ3v) is 6.94. The number of carbonyl (C=O) groups excluding carboxylic acids is 2. The number of amides is 2. The monoisotopic (exact) mass is 480 g/mol. The molecule has 1 unspecified atom stereocenters. The molecule has 2 aromatic rings. The van der Waals surface area contributed by atoms with Crippen LogP contribution < -0.4 is 10.6 Å². The fourth-order valence-electron chi connectivity index (χ4n) is 5.19. The first-order chi connectivity index (χ1) is 16.9. The van der Waals surface area contributed by atoms with E-state index in [0.717, 1.165) is 12.8 Å². The Balaban J connectivity index is 1.21. The van der Waals surface area contributed by atoms with Crippen LogP contribution in [0.5, 0.6) is 0 Å². The molecule has 3 atom stereocenters. The molecule has 0 radical (unpaired) electrons. The zero-order valence-corrected chi connectivity index (χ0v) is 19.9. The van der Waals surface area contributed by atoms with E-state index in [4.69, 9.17) is 14.6 Å². The molecule has 8 heteroatoms. The largest absolute Gasteiger partial charge is 0.481 e. The normalized spacial score (nSPS) is 19.5. The van der Waals surface area contributed by atoms with E-state index in [2.05, 4.69) is 34.9 Å². The number of hydrogen-bond acceptors (Lipinski definition) is 5. The second-order valence-corrected chi connectivity index (χ2v) is 9.31. The van der Waals surface area contributed by atoms with Crippen LogP contribution in [0.2, 0.25) is 0 Å². The van der Waals surface area contributed by atoms with E-state index in [1.54, 1.807) is 0 Å². The van der Waals surface area contributed by atoms with E-state index in [0.29, 0.717) is 12.8 Å². The van der Waals surface area contributed by atoms with E-state index in [1.165, 1.54) is 29.4 Å². The molecule has 0 bridgehead atoms. The van der Waals surface area contributed by atoms with Gasteiger partial charge in [-0.1, -0.05) is 48.5 Å². The first kappa shape index (κ1) is 24.7. The van der Waals surface area contributed by atoms with Crippen molar-refractivity contribution in [2.75, 3.05) is 20.3 Å². The van der Waals surface area contributed by atoms with E-state index >= 15 is 0 Å². The van der Waals surface area contributed by atoms with Gasteiger partial charge in [0.05, 0.1) is 12.5 Å². The first-order valence-corrected chi connectivity index (χ1v) is 12.1. The van der Waals surface area contributed by atoms with Crippen molar-refractivity contribution in [3.8, 4) is 11.1 Å². The van der Waals surface area contributed by atoms with E-state index < -0.39 is 18.2 Å². The molecular weight excluding hydrogens is 448 g/mol. The number of carbonyl (C=O) groups is 3. The number of nitrogens with one attached hydrogen (secondary N) is 2. The molecule has 0 aliphatic heterocycles. The molecule has 3 N–H and O–H groups in total. The number of hydrogen-bond donors (Lipinski definition) is 3. The van der Waals surface area contributed by atoms with Crippen LogP contribution in [-0.4, -0.2) is 55.5 Å². The number of benzene rings is 2.